The van der Waals surface area contributed by atoms with Gasteiger partial charge in [-0.15, -0.1) is 0 Å². The van der Waals surface area contributed by atoms with E-state index in [2.05, 4.69) is 15.6 Å². The molecule has 4 rings (SSSR count). The van der Waals surface area contributed by atoms with Crippen molar-refractivity contribution >= 4 is 16.9 Å². The molecule has 0 aliphatic carbocycles. The average molecular weight is 366 g/mol. The van der Waals surface area contributed by atoms with Gasteiger partial charge in [0.1, 0.15) is 5.82 Å². The number of amides is 1. The second kappa shape index (κ2) is 7.88. The van der Waals surface area contributed by atoms with Gasteiger partial charge in [-0.2, -0.15) is 0 Å². The third kappa shape index (κ3) is 4.01. The molecular formula is C21H23FN4O. The molecule has 1 aliphatic rings. The molecule has 5 nitrogen and oxygen atoms in total. The molecule has 0 spiro atoms. The summed E-state index contributed by atoms with van der Waals surface area (Å²) in [5, 5.41) is 6.46. The molecule has 1 aliphatic heterocycles. The number of hydrogen-bond acceptors (Lipinski definition) is 3. The molecule has 6 heteroatoms. The van der Waals surface area contributed by atoms with Crippen molar-refractivity contribution in [3.8, 4) is 0 Å². The number of halogens is 1. The molecule has 2 aromatic carbocycles. The molecule has 1 amide bonds. The molecule has 2 heterocycles. The van der Waals surface area contributed by atoms with Gasteiger partial charge in [0, 0.05) is 13.1 Å². The van der Waals surface area contributed by atoms with Crippen LogP contribution in [0.5, 0.6) is 0 Å². The topological polar surface area (TPSA) is 59.0 Å². The van der Waals surface area contributed by atoms with E-state index in [0.717, 1.165) is 36.0 Å². The summed E-state index contributed by atoms with van der Waals surface area (Å²) >= 11 is 0. The molecule has 1 saturated heterocycles. The molecule has 2 N–H and O–H groups in total. The van der Waals surface area contributed by atoms with Crippen molar-refractivity contribution in [2.45, 2.75) is 25.4 Å². The Morgan fingerprint density at radius 1 is 1.26 bits per heavy atom. The highest BCUT2D eigenvalue weighted by Crippen LogP contribution is 2.21. The molecule has 1 aromatic heterocycles. The minimum atomic E-state index is -0.284. The van der Waals surface area contributed by atoms with Gasteiger partial charge in [-0.05, 0) is 49.2 Å². The first-order chi connectivity index (χ1) is 13.2. The zero-order valence-corrected chi connectivity index (χ0v) is 15.1. The Hall–Kier alpha value is -2.73. The summed E-state index contributed by atoms with van der Waals surface area (Å²) in [6.45, 7) is 2.21. The predicted molar refractivity (Wildman–Crippen MR) is 103 cm³/mol. The Kier molecular flexibility index (Phi) is 5.16. The van der Waals surface area contributed by atoms with Gasteiger partial charge in [0.05, 0.1) is 29.3 Å². The van der Waals surface area contributed by atoms with Crippen LogP contribution in [-0.2, 0) is 11.3 Å². The molecular weight excluding hydrogens is 343 g/mol. The van der Waals surface area contributed by atoms with Gasteiger partial charge in [-0.1, -0.05) is 24.3 Å². The summed E-state index contributed by atoms with van der Waals surface area (Å²) < 4.78 is 15.4. The number of para-hydroxylation sites is 2. The lowest BCUT2D eigenvalue weighted by Crippen LogP contribution is -2.42. The Morgan fingerprint density at radius 3 is 2.85 bits per heavy atom. The largest absolute Gasteiger partial charge is 0.347 e. The summed E-state index contributed by atoms with van der Waals surface area (Å²) in [5.41, 5.74) is 2.81. The zero-order valence-electron chi connectivity index (χ0n) is 15.1. The number of nitrogens with one attached hydrogen (secondary N) is 2. The van der Waals surface area contributed by atoms with Crippen LogP contribution >= 0.6 is 0 Å². The Morgan fingerprint density at radius 2 is 2.07 bits per heavy atom. The molecule has 2 unspecified atom stereocenters. The first-order valence-electron chi connectivity index (χ1n) is 9.37. The first kappa shape index (κ1) is 17.7. The van der Waals surface area contributed by atoms with E-state index >= 15 is 0 Å². The number of piperidine rings is 1. The SMILES string of the molecule is O=C(NC(Cn1cnc2ccccc21)c1ccc(F)cc1)C1CCCNC1. The maximum atomic E-state index is 13.4. The van der Waals surface area contributed by atoms with Crippen LogP contribution in [0.2, 0.25) is 0 Å². The third-order valence-corrected chi connectivity index (χ3v) is 5.16. The van der Waals surface area contributed by atoms with Crippen molar-refractivity contribution in [3.05, 3.63) is 66.2 Å². The molecule has 140 valence electrons. The lowest BCUT2D eigenvalue weighted by molar-refractivity contribution is -0.126. The standard InChI is InChI=1S/C21H23FN4O/c22-17-9-7-15(8-10-17)19(25-21(27)16-4-3-11-23-12-16)13-26-14-24-18-5-1-2-6-20(18)26/h1-2,5-10,14,16,19,23H,3-4,11-13H2,(H,25,27). The number of carbonyl (C=O) groups is 1. The van der Waals surface area contributed by atoms with Crippen molar-refractivity contribution in [2.24, 2.45) is 5.92 Å². The van der Waals surface area contributed by atoms with Crippen molar-refractivity contribution < 1.29 is 9.18 Å². The van der Waals surface area contributed by atoms with E-state index in [1.54, 1.807) is 18.5 Å². The average Bonchev–Trinajstić information content (AvgIpc) is 3.12. The fourth-order valence-corrected chi connectivity index (χ4v) is 3.65. The van der Waals surface area contributed by atoms with Crippen LogP contribution in [0.25, 0.3) is 11.0 Å². The van der Waals surface area contributed by atoms with Crippen LogP contribution in [0, 0.1) is 11.7 Å². The van der Waals surface area contributed by atoms with Crippen molar-refractivity contribution in [2.75, 3.05) is 13.1 Å². The van der Waals surface area contributed by atoms with E-state index < -0.39 is 0 Å². The zero-order chi connectivity index (χ0) is 18.6. The molecule has 0 radical (unpaired) electrons. The van der Waals surface area contributed by atoms with E-state index in [0.29, 0.717) is 13.1 Å². The summed E-state index contributed by atoms with van der Waals surface area (Å²) in [6, 6.07) is 14.0. The molecule has 2 atom stereocenters. The fourth-order valence-electron chi connectivity index (χ4n) is 3.65. The summed E-state index contributed by atoms with van der Waals surface area (Å²) in [5.74, 6) is -0.268. The van der Waals surface area contributed by atoms with Crippen molar-refractivity contribution in [1.82, 2.24) is 20.2 Å². The van der Waals surface area contributed by atoms with E-state index in [4.69, 9.17) is 0 Å². The summed E-state index contributed by atoms with van der Waals surface area (Å²) in [6.07, 6.45) is 3.68. The maximum Gasteiger partial charge on any atom is 0.224 e. The third-order valence-electron chi connectivity index (χ3n) is 5.16. The molecule has 3 aromatic rings. The Bertz CT molecular complexity index is 915. The van der Waals surface area contributed by atoms with Crippen LogP contribution in [0.3, 0.4) is 0 Å². The maximum absolute atomic E-state index is 13.4. The van der Waals surface area contributed by atoms with Crippen LogP contribution < -0.4 is 10.6 Å². The Labute approximate surface area is 157 Å². The molecule has 0 saturated carbocycles. The quantitative estimate of drug-likeness (QED) is 0.730. The molecule has 27 heavy (non-hydrogen) atoms. The van der Waals surface area contributed by atoms with Gasteiger partial charge in [-0.3, -0.25) is 4.79 Å². The number of aromatic nitrogens is 2. The number of imidazole rings is 1. The van der Waals surface area contributed by atoms with Gasteiger partial charge < -0.3 is 15.2 Å². The van der Waals surface area contributed by atoms with Crippen molar-refractivity contribution in [1.29, 1.82) is 0 Å². The predicted octanol–water partition coefficient (Wildman–Crippen LogP) is 3.03. The van der Waals surface area contributed by atoms with E-state index in [-0.39, 0.29) is 23.7 Å². The fraction of sp³-hybridized carbons (Fsp3) is 0.333. The van der Waals surface area contributed by atoms with Crippen molar-refractivity contribution in [3.63, 3.8) is 0 Å². The molecule has 1 fully saturated rings. The number of hydrogen-bond donors (Lipinski definition) is 2. The monoisotopic (exact) mass is 366 g/mol. The highest BCUT2D eigenvalue weighted by molar-refractivity contribution is 5.79. The number of fused-ring (bicyclic) bond motifs is 1. The minimum absolute atomic E-state index is 0.0266. The summed E-state index contributed by atoms with van der Waals surface area (Å²) in [4.78, 5) is 17.2. The van der Waals surface area contributed by atoms with Gasteiger partial charge in [0.15, 0.2) is 0 Å². The smallest absolute Gasteiger partial charge is 0.224 e. The number of carbonyl (C=O) groups excluding carboxylic acids is 1. The minimum Gasteiger partial charge on any atom is -0.347 e. The van der Waals surface area contributed by atoms with Crippen LogP contribution in [-0.4, -0.2) is 28.5 Å². The highest BCUT2D eigenvalue weighted by Gasteiger charge is 2.24. The lowest BCUT2D eigenvalue weighted by atomic mass is 9.97. The lowest BCUT2D eigenvalue weighted by Gasteiger charge is -2.26. The van der Waals surface area contributed by atoms with Gasteiger partial charge in [-0.25, -0.2) is 9.37 Å². The molecule has 0 bridgehead atoms. The number of nitrogens with zero attached hydrogens (tertiary/aromatic N) is 2. The van der Waals surface area contributed by atoms with Gasteiger partial charge >= 0.3 is 0 Å². The second-order valence-corrected chi connectivity index (χ2v) is 7.04. The second-order valence-electron chi connectivity index (χ2n) is 7.04. The van der Waals surface area contributed by atoms with Crippen LogP contribution in [0.15, 0.2) is 54.9 Å². The van der Waals surface area contributed by atoms with Gasteiger partial charge in [0.25, 0.3) is 0 Å². The number of benzene rings is 2. The van der Waals surface area contributed by atoms with E-state index in [1.807, 2.05) is 28.8 Å². The normalized spacial score (nSPS) is 18.3. The first-order valence-corrected chi connectivity index (χ1v) is 9.37. The Balaban J connectivity index is 1.59. The highest BCUT2D eigenvalue weighted by atomic mass is 19.1. The van der Waals surface area contributed by atoms with Crippen LogP contribution in [0.1, 0.15) is 24.4 Å². The van der Waals surface area contributed by atoms with Gasteiger partial charge in [0.2, 0.25) is 5.91 Å². The van der Waals surface area contributed by atoms with E-state index in [9.17, 15) is 9.18 Å². The summed E-state index contributed by atoms with van der Waals surface area (Å²) in [7, 11) is 0. The van der Waals surface area contributed by atoms with E-state index in [1.165, 1.54) is 12.1 Å². The van der Waals surface area contributed by atoms with Crippen LogP contribution in [0.4, 0.5) is 4.39 Å². The number of rotatable bonds is 5.